The molecule has 2 aliphatic rings. The highest BCUT2D eigenvalue weighted by Crippen LogP contribution is 2.48. The number of benzene rings is 1. The van der Waals surface area contributed by atoms with Crippen LogP contribution in [0.4, 0.5) is 0 Å². The summed E-state index contributed by atoms with van der Waals surface area (Å²) >= 11 is 6.09. The first-order valence-corrected chi connectivity index (χ1v) is 8.59. The van der Waals surface area contributed by atoms with Crippen molar-refractivity contribution in [2.45, 2.75) is 64.0 Å². The first-order chi connectivity index (χ1) is 9.97. The summed E-state index contributed by atoms with van der Waals surface area (Å²) in [5, 5.41) is 0.741. The Morgan fingerprint density at radius 2 is 2.19 bits per heavy atom. The first-order valence-electron chi connectivity index (χ1n) is 8.21. The molecule has 1 fully saturated rings. The summed E-state index contributed by atoms with van der Waals surface area (Å²) in [6, 6.07) is 5.90. The van der Waals surface area contributed by atoms with Gasteiger partial charge in [-0.15, -0.1) is 0 Å². The van der Waals surface area contributed by atoms with Crippen LogP contribution in [-0.4, -0.2) is 5.60 Å². The molecule has 0 bridgehead atoms. The van der Waals surface area contributed by atoms with E-state index in [9.17, 15) is 0 Å². The molecule has 3 rings (SSSR count). The number of fused-ring (bicyclic) bond motifs is 1. The second kappa shape index (κ2) is 5.81. The molecule has 1 aliphatic carbocycles. The third-order valence-corrected chi connectivity index (χ3v) is 5.23. The molecule has 1 aromatic rings. The quantitative estimate of drug-likeness (QED) is 0.825. The molecule has 1 aromatic carbocycles. The predicted octanol–water partition coefficient (Wildman–Crippen LogP) is 5.10. The Morgan fingerprint density at radius 1 is 1.38 bits per heavy atom. The van der Waals surface area contributed by atoms with Gasteiger partial charge in [-0.05, 0) is 55.7 Å². The number of ether oxygens (including phenoxy) is 1. The smallest absolute Gasteiger partial charge is 0.125 e. The van der Waals surface area contributed by atoms with Gasteiger partial charge in [0, 0.05) is 23.0 Å². The summed E-state index contributed by atoms with van der Waals surface area (Å²) < 4.78 is 6.46. The first kappa shape index (κ1) is 15.2. The SMILES string of the molecule is CC(C)CC1CCCC2(C1)C[C@H](N)c1cc(Cl)ccc1O2. The lowest BCUT2D eigenvalue weighted by Crippen LogP contribution is -2.46. The second-order valence-electron chi connectivity index (χ2n) is 7.37. The summed E-state index contributed by atoms with van der Waals surface area (Å²) in [5.41, 5.74) is 7.45. The van der Waals surface area contributed by atoms with Crippen LogP contribution in [0, 0.1) is 11.8 Å². The maximum absolute atomic E-state index is 6.46. The van der Waals surface area contributed by atoms with Crippen molar-refractivity contribution in [3.05, 3.63) is 28.8 Å². The van der Waals surface area contributed by atoms with Gasteiger partial charge in [0.25, 0.3) is 0 Å². The summed E-state index contributed by atoms with van der Waals surface area (Å²) in [6.45, 7) is 4.62. The minimum absolute atomic E-state index is 0.0436. The van der Waals surface area contributed by atoms with Crippen molar-refractivity contribution < 1.29 is 4.74 Å². The standard InChI is InChI=1S/C18H26ClNO/c1-12(2)8-13-4-3-7-18(10-13)11-16(20)15-9-14(19)5-6-17(15)21-18/h5-6,9,12-13,16H,3-4,7-8,10-11,20H2,1-2H3/t13?,16-,18?/m0/s1. The molecule has 3 heteroatoms. The van der Waals surface area contributed by atoms with E-state index in [0.29, 0.717) is 0 Å². The summed E-state index contributed by atoms with van der Waals surface area (Å²) in [4.78, 5) is 0. The number of halogens is 1. The summed E-state index contributed by atoms with van der Waals surface area (Å²) in [7, 11) is 0. The fourth-order valence-corrected chi connectivity index (χ4v) is 4.46. The topological polar surface area (TPSA) is 35.2 Å². The molecule has 1 aliphatic heterocycles. The average molecular weight is 308 g/mol. The molecule has 1 heterocycles. The van der Waals surface area contributed by atoms with Gasteiger partial charge >= 0.3 is 0 Å². The number of rotatable bonds is 2. The fourth-order valence-electron chi connectivity index (χ4n) is 4.28. The van der Waals surface area contributed by atoms with Crippen LogP contribution in [0.15, 0.2) is 18.2 Å². The highest BCUT2D eigenvalue weighted by Gasteiger charge is 2.43. The van der Waals surface area contributed by atoms with Gasteiger partial charge < -0.3 is 10.5 Å². The summed E-state index contributed by atoms with van der Waals surface area (Å²) in [6.07, 6.45) is 7.11. The number of nitrogens with two attached hydrogens (primary N) is 1. The molecule has 2 nitrogen and oxygen atoms in total. The van der Waals surface area contributed by atoms with Crippen LogP contribution < -0.4 is 10.5 Å². The molecule has 1 saturated carbocycles. The minimum Gasteiger partial charge on any atom is -0.487 e. The van der Waals surface area contributed by atoms with Crippen molar-refractivity contribution >= 4 is 11.6 Å². The van der Waals surface area contributed by atoms with E-state index in [4.69, 9.17) is 22.1 Å². The lowest BCUT2D eigenvalue weighted by Gasteiger charge is -2.46. The van der Waals surface area contributed by atoms with Crippen molar-refractivity contribution in [3.8, 4) is 5.75 Å². The van der Waals surface area contributed by atoms with Crippen LogP contribution in [0.25, 0.3) is 0 Å². The zero-order valence-corrected chi connectivity index (χ0v) is 13.8. The molecular formula is C18H26ClNO. The molecule has 0 radical (unpaired) electrons. The lowest BCUT2D eigenvalue weighted by atomic mass is 9.71. The van der Waals surface area contributed by atoms with E-state index < -0.39 is 0 Å². The largest absolute Gasteiger partial charge is 0.487 e. The van der Waals surface area contributed by atoms with Gasteiger partial charge in [0.1, 0.15) is 11.4 Å². The molecule has 2 unspecified atom stereocenters. The van der Waals surface area contributed by atoms with Crippen molar-refractivity contribution in [2.75, 3.05) is 0 Å². The molecule has 116 valence electrons. The third kappa shape index (κ3) is 3.22. The molecule has 21 heavy (non-hydrogen) atoms. The third-order valence-electron chi connectivity index (χ3n) is 5.00. The van der Waals surface area contributed by atoms with Gasteiger partial charge in [-0.1, -0.05) is 31.9 Å². The molecule has 0 amide bonds. The maximum atomic E-state index is 6.46. The Labute approximate surface area is 133 Å². The second-order valence-corrected chi connectivity index (χ2v) is 7.81. The minimum atomic E-state index is -0.0436. The van der Waals surface area contributed by atoms with Crippen LogP contribution in [0.1, 0.15) is 64.0 Å². The van der Waals surface area contributed by atoms with Crippen LogP contribution in [-0.2, 0) is 0 Å². The Morgan fingerprint density at radius 3 is 2.95 bits per heavy atom. The highest BCUT2D eigenvalue weighted by atomic mass is 35.5. The van der Waals surface area contributed by atoms with Gasteiger partial charge in [-0.25, -0.2) is 0 Å². The predicted molar refractivity (Wildman–Crippen MR) is 87.8 cm³/mol. The van der Waals surface area contributed by atoms with E-state index in [-0.39, 0.29) is 11.6 Å². The van der Waals surface area contributed by atoms with E-state index >= 15 is 0 Å². The fraction of sp³-hybridized carbons (Fsp3) is 0.667. The van der Waals surface area contributed by atoms with Crippen molar-refractivity contribution in [2.24, 2.45) is 17.6 Å². The molecular weight excluding hydrogens is 282 g/mol. The normalized spacial score (nSPS) is 32.0. The molecule has 1 spiro atoms. The van der Waals surface area contributed by atoms with E-state index in [2.05, 4.69) is 13.8 Å². The van der Waals surface area contributed by atoms with Crippen LogP contribution in [0.5, 0.6) is 5.75 Å². The van der Waals surface area contributed by atoms with E-state index in [1.165, 1.54) is 19.3 Å². The monoisotopic (exact) mass is 307 g/mol. The van der Waals surface area contributed by atoms with E-state index in [1.54, 1.807) is 0 Å². The Balaban J connectivity index is 1.82. The van der Waals surface area contributed by atoms with Gasteiger partial charge in [0.2, 0.25) is 0 Å². The average Bonchev–Trinajstić information content (AvgIpc) is 2.39. The van der Waals surface area contributed by atoms with E-state index in [1.807, 2.05) is 18.2 Å². The van der Waals surface area contributed by atoms with Crippen LogP contribution in [0.3, 0.4) is 0 Å². The van der Waals surface area contributed by atoms with Crippen LogP contribution >= 0.6 is 11.6 Å². The zero-order valence-electron chi connectivity index (χ0n) is 13.1. The van der Waals surface area contributed by atoms with Gasteiger partial charge in [-0.3, -0.25) is 0 Å². The Hall–Kier alpha value is -0.730. The Kier molecular flexibility index (Phi) is 4.20. The van der Waals surface area contributed by atoms with E-state index in [0.717, 1.165) is 47.4 Å². The van der Waals surface area contributed by atoms with Crippen molar-refractivity contribution in [3.63, 3.8) is 0 Å². The van der Waals surface area contributed by atoms with Crippen molar-refractivity contribution in [1.82, 2.24) is 0 Å². The molecule has 0 aromatic heterocycles. The van der Waals surface area contributed by atoms with Gasteiger partial charge in [0.15, 0.2) is 0 Å². The summed E-state index contributed by atoms with van der Waals surface area (Å²) in [5.74, 6) is 2.48. The lowest BCUT2D eigenvalue weighted by molar-refractivity contribution is -0.0201. The molecule has 2 N–H and O–H groups in total. The number of hydrogen-bond donors (Lipinski definition) is 1. The zero-order chi connectivity index (χ0) is 15.0. The molecule has 0 saturated heterocycles. The Bertz CT molecular complexity index is 516. The highest BCUT2D eigenvalue weighted by molar-refractivity contribution is 6.30. The maximum Gasteiger partial charge on any atom is 0.125 e. The molecule has 3 atom stereocenters. The van der Waals surface area contributed by atoms with Gasteiger partial charge in [-0.2, -0.15) is 0 Å². The number of hydrogen-bond acceptors (Lipinski definition) is 2. The van der Waals surface area contributed by atoms with Crippen molar-refractivity contribution in [1.29, 1.82) is 0 Å². The van der Waals surface area contributed by atoms with Gasteiger partial charge in [0.05, 0.1) is 0 Å². The van der Waals surface area contributed by atoms with Crippen LogP contribution in [0.2, 0.25) is 5.02 Å².